The molecule has 0 saturated carbocycles. The Hall–Kier alpha value is -0.650. The van der Waals surface area contributed by atoms with Crippen molar-refractivity contribution in [3.63, 3.8) is 0 Å². The van der Waals surface area contributed by atoms with E-state index < -0.39 is 5.60 Å². The number of β-amino-alcohol motifs (C(OH)–C–C–N with tert-alkyl or cyclic N) is 1. The molecule has 0 bridgehead atoms. The van der Waals surface area contributed by atoms with Crippen molar-refractivity contribution in [1.82, 2.24) is 15.1 Å². The fraction of sp³-hybridized carbons (Fsp3) is 0.938. The average molecular weight is 297 g/mol. The van der Waals surface area contributed by atoms with Crippen molar-refractivity contribution < 1.29 is 9.90 Å². The molecule has 0 aromatic rings. The zero-order valence-corrected chi connectivity index (χ0v) is 14.0. The predicted octanol–water partition coefficient (Wildman–Crippen LogP) is 0.680. The molecule has 2 aliphatic rings. The minimum absolute atomic E-state index is 0.0412. The molecule has 0 aliphatic carbocycles. The quantitative estimate of drug-likeness (QED) is 0.804. The first-order valence-corrected chi connectivity index (χ1v) is 8.16. The number of nitrogens with zero attached hydrogens (tertiary/aromatic N) is 2. The number of hydrogen-bond acceptors (Lipinski definition) is 4. The third kappa shape index (κ3) is 4.41. The van der Waals surface area contributed by atoms with Gasteiger partial charge in [-0.15, -0.1) is 0 Å². The first kappa shape index (κ1) is 16.7. The number of piperazine rings is 1. The maximum Gasteiger partial charge on any atom is 0.240 e. The average Bonchev–Trinajstić information content (AvgIpc) is 2.36. The summed E-state index contributed by atoms with van der Waals surface area (Å²) < 4.78 is 0. The van der Waals surface area contributed by atoms with Crippen LogP contribution < -0.4 is 5.32 Å². The van der Waals surface area contributed by atoms with Crippen LogP contribution >= 0.6 is 0 Å². The van der Waals surface area contributed by atoms with Gasteiger partial charge < -0.3 is 15.3 Å². The lowest BCUT2D eigenvalue weighted by atomic mass is 9.77. The van der Waals surface area contributed by atoms with Crippen molar-refractivity contribution in [3.8, 4) is 0 Å². The molecule has 0 spiro atoms. The van der Waals surface area contributed by atoms with Gasteiger partial charge in [0, 0.05) is 32.7 Å². The Morgan fingerprint density at radius 1 is 1.29 bits per heavy atom. The molecule has 2 rings (SSSR count). The highest BCUT2D eigenvalue weighted by Gasteiger charge is 2.39. The minimum atomic E-state index is -0.668. The molecule has 21 heavy (non-hydrogen) atoms. The van der Waals surface area contributed by atoms with Crippen LogP contribution in [0.4, 0.5) is 0 Å². The highest BCUT2D eigenvalue weighted by atomic mass is 16.3. The summed E-state index contributed by atoms with van der Waals surface area (Å²) in [4.78, 5) is 17.0. The number of carbonyl (C=O) groups excluding carboxylic acids is 1. The van der Waals surface area contributed by atoms with Crippen molar-refractivity contribution in [3.05, 3.63) is 0 Å². The molecule has 122 valence electrons. The summed E-state index contributed by atoms with van der Waals surface area (Å²) in [5.41, 5.74) is -0.626. The zero-order chi connectivity index (χ0) is 15.7. The number of aliphatic hydroxyl groups is 1. The summed E-state index contributed by atoms with van der Waals surface area (Å²) in [6.45, 7) is 12.9. The Labute approximate surface area is 128 Å². The van der Waals surface area contributed by atoms with Crippen molar-refractivity contribution in [2.75, 3.05) is 39.3 Å². The third-order valence-corrected chi connectivity index (χ3v) is 4.67. The second kappa shape index (κ2) is 6.23. The lowest BCUT2D eigenvalue weighted by Gasteiger charge is -2.43. The van der Waals surface area contributed by atoms with Crippen molar-refractivity contribution in [2.45, 2.75) is 52.2 Å². The normalized spacial score (nSPS) is 27.7. The second-order valence-corrected chi connectivity index (χ2v) is 7.89. The van der Waals surface area contributed by atoms with E-state index in [4.69, 9.17) is 0 Å². The van der Waals surface area contributed by atoms with Gasteiger partial charge in [0.25, 0.3) is 0 Å². The molecule has 2 heterocycles. The molecular formula is C16H31N3O2. The molecule has 1 unspecified atom stereocenters. The number of hydrogen-bond donors (Lipinski definition) is 2. The van der Waals surface area contributed by atoms with Crippen molar-refractivity contribution in [1.29, 1.82) is 0 Å². The van der Waals surface area contributed by atoms with Crippen LogP contribution in [0.25, 0.3) is 0 Å². The highest BCUT2D eigenvalue weighted by Crippen LogP contribution is 2.31. The predicted molar refractivity (Wildman–Crippen MR) is 84.1 cm³/mol. The lowest BCUT2D eigenvalue weighted by Crippen LogP contribution is -2.60. The highest BCUT2D eigenvalue weighted by molar-refractivity contribution is 5.83. The van der Waals surface area contributed by atoms with Gasteiger partial charge in [0.05, 0.1) is 11.6 Å². The molecule has 2 N–H and O–H groups in total. The van der Waals surface area contributed by atoms with Crippen LogP contribution in [-0.2, 0) is 4.79 Å². The number of carbonyl (C=O) groups is 1. The smallest absolute Gasteiger partial charge is 0.240 e. The van der Waals surface area contributed by atoms with Crippen LogP contribution in [0, 0.1) is 5.41 Å². The topological polar surface area (TPSA) is 55.8 Å². The molecule has 0 aromatic carbocycles. The summed E-state index contributed by atoms with van der Waals surface area (Å²) >= 11 is 0. The first-order valence-electron chi connectivity index (χ1n) is 8.16. The molecule has 2 aliphatic heterocycles. The van der Waals surface area contributed by atoms with Crippen molar-refractivity contribution >= 4 is 5.91 Å². The molecule has 1 atom stereocenters. The fourth-order valence-electron chi connectivity index (χ4n) is 3.49. The van der Waals surface area contributed by atoms with Crippen LogP contribution in [0.15, 0.2) is 0 Å². The molecule has 1 amide bonds. The maximum absolute atomic E-state index is 12.8. The summed E-state index contributed by atoms with van der Waals surface area (Å²) in [5.74, 6) is 0.252. The second-order valence-electron chi connectivity index (χ2n) is 7.89. The van der Waals surface area contributed by atoms with Gasteiger partial charge in [-0.2, -0.15) is 0 Å². The Bertz CT molecular complexity index is 368. The fourth-order valence-corrected chi connectivity index (χ4v) is 3.49. The molecule has 5 heteroatoms. The van der Waals surface area contributed by atoms with Crippen LogP contribution in [0.1, 0.15) is 40.5 Å². The van der Waals surface area contributed by atoms with Gasteiger partial charge >= 0.3 is 0 Å². The Morgan fingerprint density at radius 2 is 1.90 bits per heavy atom. The van der Waals surface area contributed by atoms with Gasteiger partial charge in [-0.1, -0.05) is 13.8 Å². The number of rotatable bonds is 3. The van der Waals surface area contributed by atoms with E-state index in [1.807, 2.05) is 18.7 Å². The monoisotopic (exact) mass is 297 g/mol. The first-order chi connectivity index (χ1) is 9.69. The molecular weight excluding hydrogens is 266 g/mol. The SMILES string of the molecule is CC(C)(O)CN1CCN(C(=O)C2NCCCC2(C)C)CC1. The number of amides is 1. The van der Waals surface area contributed by atoms with E-state index in [-0.39, 0.29) is 17.4 Å². The van der Waals surface area contributed by atoms with Gasteiger partial charge in [-0.3, -0.25) is 9.69 Å². The van der Waals surface area contributed by atoms with E-state index in [1.54, 1.807) is 0 Å². The van der Waals surface area contributed by atoms with Gasteiger partial charge in [0.2, 0.25) is 5.91 Å². The Balaban J connectivity index is 1.88. The van der Waals surface area contributed by atoms with E-state index in [9.17, 15) is 9.90 Å². The summed E-state index contributed by atoms with van der Waals surface area (Å²) in [6.07, 6.45) is 2.26. The maximum atomic E-state index is 12.8. The van der Waals surface area contributed by atoms with E-state index in [0.717, 1.165) is 45.6 Å². The Kier molecular flexibility index (Phi) is 4.96. The summed E-state index contributed by atoms with van der Waals surface area (Å²) in [7, 11) is 0. The van der Waals surface area contributed by atoms with Gasteiger partial charge in [0.15, 0.2) is 0 Å². The number of piperidine rings is 1. The zero-order valence-electron chi connectivity index (χ0n) is 14.0. The van der Waals surface area contributed by atoms with Crippen LogP contribution in [0.3, 0.4) is 0 Å². The lowest BCUT2D eigenvalue weighted by molar-refractivity contribution is -0.139. The van der Waals surface area contributed by atoms with Gasteiger partial charge in [0.1, 0.15) is 0 Å². The summed E-state index contributed by atoms with van der Waals surface area (Å²) in [5, 5.41) is 13.3. The van der Waals surface area contributed by atoms with Gasteiger partial charge in [-0.05, 0) is 38.6 Å². The largest absolute Gasteiger partial charge is 0.389 e. The van der Waals surface area contributed by atoms with Crippen LogP contribution in [0.2, 0.25) is 0 Å². The number of nitrogens with one attached hydrogen (secondary N) is 1. The summed E-state index contributed by atoms with van der Waals surface area (Å²) in [6, 6.07) is -0.0490. The van der Waals surface area contributed by atoms with E-state index in [1.165, 1.54) is 0 Å². The van der Waals surface area contributed by atoms with Crippen molar-refractivity contribution in [2.24, 2.45) is 5.41 Å². The molecule has 0 aromatic heterocycles. The van der Waals surface area contributed by atoms with Gasteiger partial charge in [-0.25, -0.2) is 0 Å². The molecule has 2 fully saturated rings. The molecule has 0 radical (unpaired) electrons. The van der Waals surface area contributed by atoms with E-state index in [0.29, 0.717) is 6.54 Å². The Morgan fingerprint density at radius 3 is 2.43 bits per heavy atom. The van der Waals surface area contributed by atoms with E-state index in [2.05, 4.69) is 24.1 Å². The van der Waals surface area contributed by atoms with Crippen LogP contribution in [0.5, 0.6) is 0 Å². The molecule has 5 nitrogen and oxygen atoms in total. The third-order valence-electron chi connectivity index (χ3n) is 4.67. The molecule has 2 saturated heterocycles. The van der Waals surface area contributed by atoms with E-state index >= 15 is 0 Å². The minimum Gasteiger partial charge on any atom is -0.389 e. The standard InChI is InChI=1S/C16H31N3O2/c1-15(2)6-5-7-17-13(15)14(20)19-10-8-18(9-11-19)12-16(3,4)21/h13,17,21H,5-12H2,1-4H3. The van der Waals surface area contributed by atoms with Crippen LogP contribution in [-0.4, -0.2) is 71.7 Å².